The lowest BCUT2D eigenvalue weighted by Crippen LogP contribution is -2.03. The van der Waals surface area contributed by atoms with E-state index in [0.29, 0.717) is 11.3 Å². The van der Waals surface area contributed by atoms with E-state index in [1.165, 1.54) is 0 Å². The van der Waals surface area contributed by atoms with Gasteiger partial charge in [-0.15, -0.1) is 0 Å². The van der Waals surface area contributed by atoms with E-state index in [0.717, 1.165) is 23.1 Å². The summed E-state index contributed by atoms with van der Waals surface area (Å²) in [6.07, 6.45) is 2.75. The van der Waals surface area contributed by atoms with E-state index >= 15 is 0 Å². The highest BCUT2D eigenvalue weighted by Crippen LogP contribution is 2.35. The molecule has 0 bridgehead atoms. The molecule has 5 nitrogen and oxygen atoms in total. The highest BCUT2D eigenvalue weighted by atomic mass is 16.6. The van der Waals surface area contributed by atoms with Crippen molar-refractivity contribution < 1.29 is 14.4 Å². The van der Waals surface area contributed by atoms with Crippen molar-refractivity contribution in [3.63, 3.8) is 0 Å². The van der Waals surface area contributed by atoms with E-state index in [9.17, 15) is 10.1 Å². The molecule has 0 saturated carbocycles. The zero-order chi connectivity index (χ0) is 15.5. The van der Waals surface area contributed by atoms with Crippen molar-refractivity contribution in [1.29, 1.82) is 0 Å². The minimum atomic E-state index is -0.511. The van der Waals surface area contributed by atoms with Crippen LogP contribution >= 0.6 is 0 Å². The first kappa shape index (κ1) is 13.9. The smallest absolute Gasteiger partial charge is 0.277 e. The van der Waals surface area contributed by atoms with Crippen molar-refractivity contribution in [2.75, 3.05) is 7.11 Å². The largest absolute Gasteiger partial charge is 0.497 e. The van der Waals surface area contributed by atoms with Gasteiger partial charge < -0.3 is 9.47 Å². The Balaban J connectivity index is 2.06. The number of rotatable bonds is 3. The molecule has 0 unspecified atom stereocenters. The lowest BCUT2D eigenvalue weighted by Gasteiger charge is -2.19. The highest BCUT2D eigenvalue weighted by Gasteiger charge is 2.20. The predicted molar refractivity (Wildman–Crippen MR) is 83.4 cm³/mol. The molecule has 22 heavy (non-hydrogen) atoms. The second kappa shape index (κ2) is 5.73. The molecule has 5 heteroatoms. The maximum absolute atomic E-state index is 10.8. The van der Waals surface area contributed by atoms with Gasteiger partial charge in [-0.25, -0.2) is 0 Å². The molecule has 2 aromatic rings. The van der Waals surface area contributed by atoms with Crippen molar-refractivity contribution in [2.24, 2.45) is 0 Å². The van der Waals surface area contributed by atoms with Crippen LogP contribution in [0.1, 0.15) is 16.7 Å². The molecule has 0 aromatic heterocycles. The Morgan fingerprint density at radius 3 is 2.55 bits per heavy atom. The fourth-order valence-corrected chi connectivity index (χ4v) is 2.28. The molecule has 0 aliphatic carbocycles. The summed E-state index contributed by atoms with van der Waals surface area (Å²) in [5.74, 6) is 1.53. The number of methoxy groups -OCH3 is 1. The minimum Gasteiger partial charge on any atom is -0.497 e. The second-order valence-electron chi connectivity index (χ2n) is 4.71. The maximum atomic E-state index is 10.8. The zero-order valence-corrected chi connectivity index (χ0v) is 11.9. The van der Waals surface area contributed by atoms with Crippen LogP contribution < -0.4 is 4.74 Å². The van der Waals surface area contributed by atoms with Gasteiger partial charge in [-0.3, -0.25) is 10.1 Å². The van der Waals surface area contributed by atoms with E-state index in [1.54, 1.807) is 13.2 Å². The van der Waals surface area contributed by atoms with Crippen molar-refractivity contribution in [3.05, 3.63) is 81.5 Å². The molecular formula is C17H13NO4. The van der Waals surface area contributed by atoms with Crippen LogP contribution in [0.25, 0.3) is 17.6 Å². The number of ether oxygens (including phenoxy) is 2. The molecular weight excluding hydrogens is 282 g/mol. The molecule has 110 valence electrons. The van der Waals surface area contributed by atoms with Gasteiger partial charge in [-0.2, -0.15) is 0 Å². The number of hydrogen-bond donors (Lipinski definition) is 0. The van der Waals surface area contributed by atoms with Crippen LogP contribution in [-0.2, 0) is 4.74 Å². The Kier molecular flexibility index (Phi) is 3.62. The molecule has 3 rings (SSSR count). The Bertz CT molecular complexity index is 776. The average Bonchev–Trinajstić information content (AvgIpc) is 2.54. The van der Waals surface area contributed by atoms with Gasteiger partial charge in [0.2, 0.25) is 5.76 Å². The summed E-state index contributed by atoms with van der Waals surface area (Å²) >= 11 is 0. The lowest BCUT2D eigenvalue weighted by molar-refractivity contribution is -0.402. The maximum Gasteiger partial charge on any atom is 0.277 e. The summed E-state index contributed by atoms with van der Waals surface area (Å²) in [5, 5.41) is 10.8. The van der Waals surface area contributed by atoms with Gasteiger partial charge in [0.25, 0.3) is 6.20 Å². The molecule has 0 fully saturated rings. The minimum absolute atomic E-state index is 0.230. The summed E-state index contributed by atoms with van der Waals surface area (Å²) in [5.41, 5.74) is 2.41. The lowest BCUT2D eigenvalue weighted by atomic mass is 10.0. The van der Waals surface area contributed by atoms with Crippen molar-refractivity contribution >= 4 is 17.6 Å². The second-order valence-corrected chi connectivity index (χ2v) is 4.71. The molecule has 2 aromatic carbocycles. The number of fused-ring (bicyclic) bond motifs is 1. The molecule has 1 aliphatic heterocycles. The quantitative estimate of drug-likeness (QED) is 0.638. The van der Waals surface area contributed by atoms with Crippen LogP contribution in [0.3, 0.4) is 0 Å². The molecule has 0 radical (unpaired) electrons. The third kappa shape index (κ3) is 2.69. The van der Waals surface area contributed by atoms with Gasteiger partial charge in [-0.05, 0) is 35.9 Å². The summed E-state index contributed by atoms with van der Waals surface area (Å²) in [6.45, 7) is 0. The third-order valence-corrected chi connectivity index (χ3v) is 3.33. The third-order valence-electron chi connectivity index (χ3n) is 3.33. The van der Waals surface area contributed by atoms with Gasteiger partial charge in [-0.1, -0.05) is 24.3 Å². The molecule has 0 saturated heterocycles. The molecule has 1 heterocycles. The van der Waals surface area contributed by atoms with Crippen LogP contribution in [0, 0.1) is 10.1 Å². The van der Waals surface area contributed by atoms with Crippen LogP contribution in [0.15, 0.2) is 54.7 Å². The first-order chi connectivity index (χ1) is 10.7. The predicted octanol–water partition coefficient (Wildman–Crippen LogP) is 3.80. The van der Waals surface area contributed by atoms with Crippen LogP contribution in [0.2, 0.25) is 0 Å². The molecule has 1 aliphatic rings. The Hall–Kier alpha value is -3.08. The summed E-state index contributed by atoms with van der Waals surface area (Å²) < 4.78 is 10.8. The van der Waals surface area contributed by atoms with E-state index in [2.05, 4.69) is 0 Å². The Morgan fingerprint density at radius 2 is 1.86 bits per heavy atom. The summed E-state index contributed by atoms with van der Waals surface area (Å²) in [7, 11) is 1.60. The van der Waals surface area contributed by atoms with Gasteiger partial charge >= 0.3 is 0 Å². The van der Waals surface area contributed by atoms with Crippen molar-refractivity contribution in [2.45, 2.75) is 0 Å². The highest BCUT2D eigenvalue weighted by molar-refractivity contribution is 5.88. The summed E-state index contributed by atoms with van der Waals surface area (Å²) in [6, 6.07) is 14.7. The van der Waals surface area contributed by atoms with Crippen LogP contribution in [-0.4, -0.2) is 12.0 Å². The first-order valence-electron chi connectivity index (χ1n) is 6.66. The summed E-state index contributed by atoms with van der Waals surface area (Å²) in [4.78, 5) is 10.3. The Morgan fingerprint density at radius 1 is 1.14 bits per heavy atom. The van der Waals surface area contributed by atoms with Crippen molar-refractivity contribution in [1.82, 2.24) is 0 Å². The van der Waals surface area contributed by atoms with Crippen LogP contribution in [0.5, 0.6) is 5.75 Å². The van der Waals surface area contributed by atoms with Gasteiger partial charge in [0.1, 0.15) is 11.5 Å². The zero-order valence-electron chi connectivity index (χ0n) is 11.9. The molecule has 0 N–H and O–H groups in total. The topological polar surface area (TPSA) is 61.6 Å². The van der Waals surface area contributed by atoms with E-state index in [-0.39, 0.29) is 5.76 Å². The standard InChI is InChI=1S/C17H13NO4/c1-21-14-8-6-12(7-9-14)16-10-13-4-2-3-5-15(13)17(22-16)11-18(19)20/h2-11H,1H3/b17-11-. The van der Waals surface area contributed by atoms with E-state index < -0.39 is 4.92 Å². The van der Waals surface area contributed by atoms with Gasteiger partial charge in [0.15, 0.2) is 0 Å². The Labute approximate surface area is 127 Å². The number of hydrogen-bond acceptors (Lipinski definition) is 4. The van der Waals surface area contributed by atoms with Crippen molar-refractivity contribution in [3.8, 4) is 5.75 Å². The molecule has 0 amide bonds. The van der Waals surface area contributed by atoms with Gasteiger partial charge in [0.05, 0.1) is 12.0 Å². The first-order valence-corrected chi connectivity index (χ1v) is 6.66. The fraction of sp³-hybridized carbons (Fsp3) is 0.0588. The average molecular weight is 295 g/mol. The van der Waals surface area contributed by atoms with E-state index in [4.69, 9.17) is 9.47 Å². The SMILES string of the molecule is COc1ccc(C2=Cc3ccccc3/C(=C/[N+](=O)[O-])O2)cc1. The number of benzene rings is 2. The van der Waals surface area contributed by atoms with E-state index in [1.807, 2.05) is 48.5 Å². The molecule has 0 atom stereocenters. The number of nitro groups is 1. The molecule has 0 spiro atoms. The monoisotopic (exact) mass is 295 g/mol. The van der Waals surface area contributed by atoms with Gasteiger partial charge in [0, 0.05) is 11.1 Å². The van der Waals surface area contributed by atoms with Crippen LogP contribution in [0.4, 0.5) is 0 Å². The fourth-order valence-electron chi connectivity index (χ4n) is 2.28. The number of nitrogens with zero attached hydrogens (tertiary/aromatic N) is 1. The normalized spacial score (nSPS) is 14.8.